The van der Waals surface area contributed by atoms with Crippen molar-refractivity contribution in [1.82, 2.24) is 9.80 Å². The number of carbonyl (C=O) groups excluding carboxylic acids is 2. The van der Waals surface area contributed by atoms with Crippen molar-refractivity contribution in [2.75, 3.05) is 52.5 Å². The van der Waals surface area contributed by atoms with Gasteiger partial charge in [-0.15, -0.1) is 0 Å². The molecular formula is C56H104N2O4. The third kappa shape index (κ3) is 36.4. The zero-order chi connectivity index (χ0) is 44.8. The van der Waals surface area contributed by atoms with Gasteiger partial charge in [-0.2, -0.15) is 0 Å². The zero-order valence-electron chi connectivity index (χ0n) is 41.9. The van der Waals surface area contributed by atoms with Crippen molar-refractivity contribution in [2.24, 2.45) is 0 Å². The molecule has 6 nitrogen and oxygen atoms in total. The standard InChI is InChI=1S/C56H104N2O4/c1-5-9-13-17-21-25-29-33-45-57(46-34-30-26-22-18-14-10-6-2)49-37-39-51-61-55(59)53-41-43-54(44-42-53)56(60)62-52-40-38-50-58(47-35-31-27-23-19-15-11-7-3)48-36-32-28-24-20-16-12-8-4/h41-44H,5-40,45-52H2,1-4H3. The highest BCUT2D eigenvalue weighted by Gasteiger charge is 2.12. The highest BCUT2D eigenvalue weighted by atomic mass is 16.5. The quantitative estimate of drug-likeness (QED) is 0.0480. The molecule has 6 heteroatoms. The van der Waals surface area contributed by atoms with Gasteiger partial charge < -0.3 is 19.3 Å². The Hall–Kier alpha value is -1.92. The number of rotatable bonds is 48. The highest BCUT2D eigenvalue weighted by Crippen LogP contribution is 2.15. The molecule has 0 aliphatic rings. The maximum atomic E-state index is 12.8. The van der Waals surface area contributed by atoms with Gasteiger partial charge in [-0.05, 0) is 115 Å². The molecule has 362 valence electrons. The van der Waals surface area contributed by atoms with Crippen LogP contribution < -0.4 is 0 Å². The Morgan fingerprint density at radius 1 is 0.306 bits per heavy atom. The lowest BCUT2D eigenvalue weighted by Gasteiger charge is -2.22. The van der Waals surface area contributed by atoms with E-state index >= 15 is 0 Å². The normalized spacial score (nSPS) is 11.6. The Morgan fingerprint density at radius 2 is 0.500 bits per heavy atom. The van der Waals surface area contributed by atoms with Gasteiger partial charge in [0.2, 0.25) is 0 Å². The van der Waals surface area contributed by atoms with Crippen LogP contribution in [-0.4, -0.2) is 74.2 Å². The van der Waals surface area contributed by atoms with E-state index in [1.807, 2.05) is 0 Å². The summed E-state index contributed by atoms with van der Waals surface area (Å²) in [5.41, 5.74) is 0.973. The van der Waals surface area contributed by atoms with Crippen molar-refractivity contribution < 1.29 is 19.1 Å². The van der Waals surface area contributed by atoms with Gasteiger partial charge in [-0.25, -0.2) is 9.59 Å². The number of hydrogen-bond acceptors (Lipinski definition) is 6. The van der Waals surface area contributed by atoms with Crippen molar-refractivity contribution in [3.05, 3.63) is 35.4 Å². The Kier molecular flexibility index (Phi) is 42.8. The molecule has 0 bridgehead atoms. The number of benzene rings is 1. The van der Waals surface area contributed by atoms with Crippen molar-refractivity contribution in [3.63, 3.8) is 0 Å². The summed E-state index contributed by atoms with van der Waals surface area (Å²) in [6.07, 6.45) is 47.3. The van der Waals surface area contributed by atoms with Gasteiger partial charge in [0.25, 0.3) is 0 Å². The van der Waals surface area contributed by atoms with E-state index in [9.17, 15) is 9.59 Å². The highest BCUT2D eigenvalue weighted by molar-refractivity contribution is 5.93. The maximum Gasteiger partial charge on any atom is 0.338 e. The first-order valence-electron chi connectivity index (χ1n) is 27.4. The smallest absolute Gasteiger partial charge is 0.338 e. The summed E-state index contributed by atoms with van der Waals surface area (Å²) in [5, 5.41) is 0. The monoisotopic (exact) mass is 869 g/mol. The van der Waals surface area contributed by atoms with Crippen LogP contribution in [0.1, 0.15) is 280 Å². The SMILES string of the molecule is CCCCCCCCCCN(CCCCCCCCCC)CCCCOC(=O)c1ccc(C(=O)OCCCCN(CCCCCCCCCC)CCCCCCCCCC)cc1. The maximum absolute atomic E-state index is 12.8. The van der Waals surface area contributed by atoms with Crippen LogP contribution in [0.2, 0.25) is 0 Å². The second-order valence-corrected chi connectivity index (χ2v) is 18.8. The number of unbranched alkanes of at least 4 members (excludes halogenated alkanes) is 30. The summed E-state index contributed by atoms with van der Waals surface area (Å²) in [6, 6.07) is 6.79. The van der Waals surface area contributed by atoms with Crippen LogP contribution in [0.4, 0.5) is 0 Å². The molecule has 0 unspecified atom stereocenters. The number of esters is 2. The summed E-state index contributed by atoms with van der Waals surface area (Å²) in [7, 11) is 0. The van der Waals surface area contributed by atoms with Crippen LogP contribution in [-0.2, 0) is 9.47 Å². The number of carbonyl (C=O) groups is 2. The molecule has 1 aromatic rings. The molecule has 0 fully saturated rings. The Morgan fingerprint density at radius 3 is 0.726 bits per heavy atom. The average Bonchev–Trinajstić information content (AvgIpc) is 3.28. The molecule has 1 rings (SSSR count). The molecule has 0 aliphatic heterocycles. The summed E-state index contributed by atoms with van der Waals surface area (Å²) in [5.74, 6) is -0.633. The van der Waals surface area contributed by atoms with Gasteiger partial charge in [0.1, 0.15) is 0 Å². The minimum Gasteiger partial charge on any atom is -0.462 e. The molecule has 1 aromatic carbocycles. The summed E-state index contributed by atoms with van der Waals surface area (Å²) in [6.45, 7) is 16.9. The predicted octanol–water partition coefficient (Wildman–Crippen LogP) is 16.7. The van der Waals surface area contributed by atoms with Gasteiger partial charge in [0.15, 0.2) is 0 Å². The van der Waals surface area contributed by atoms with E-state index in [4.69, 9.17) is 9.47 Å². The molecule has 0 radical (unpaired) electrons. The second kappa shape index (κ2) is 45.6. The molecule has 0 amide bonds. The van der Waals surface area contributed by atoms with E-state index < -0.39 is 0 Å². The van der Waals surface area contributed by atoms with E-state index in [-0.39, 0.29) is 11.9 Å². The van der Waals surface area contributed by atoms with Crippen LogP contribution in [0.3, 0.4) is 0 Å². The summed E-state index contributed by atoms with van der Waals surface area (Å²) >= 11 is 0. The Bertz CT molecular complexity index is 969. The molecule has 0 atom stereocenters. The topological polar surface area (TPSA) is 59.1 Å². The van der Waals surface area contributed by atoms with Crippen molar-refractivity contribution >= 4 is 11.9 Å². The van der Waals surface area contributed by atoms with Crippen LogP contribution in [0, 0.1) is 0 Å². The third-order valence-corrected chi connectivity index (χ3v) is 12.9. The van der Waals surface area contributed by atoms with Crippen molar-refractivity contribution in [3.8, 4) is 0 Å². The Labute approximate surface area is 386 Å². The van der Waals surface area contributed by atoms with E-state index in [0.29, 0.717) is 24.3 Å². The third-order valence-electron chi connectivity index (χ3n) is 12.9. The van der Waals surface area contributed by atoms with Crippen LogP contribution >= 0.6 is 0 Å². The molecule has 0 N–H and O–H groups in total. The lowest BCUT2D eigenvalue weighted by molar-refractivity contribution is 0.0480. The summed E-state index contributed by atoms with van der Waals surface area (Å²) in [4.78, 5) is 31.0. The number of ether oxygens (including phenoxy) is 2. The second-order valence-electron chi connectivity index (χ2n) is 18.8. The zero-order valence-corrected chi connectivity index (χ0v) is 41.9. The van der Waals surface area contributed by atoms with Crippen LogP contribution in [0.15, 0.2) is 24.3 Å². The lowest BCUT2D eigenvalue weighted by atomic mass is 10.1. The number of hydrogen-bond donors (Lipinski definition) is 0. The Balaban J connectivity index is 2.38. The van der Waals surface area contributed by atoms with E-state index in [0.717, 1.165) is 38.8 Å². The van der Waals surface area contributed by atoms with E-state index in [2.05, 4.69) is 37.5 Å². The van der Waals surface area contributed by atoms with Gasteiger partial charge in [-0.3, -0.25) is 0 Å². The van der Waals surface area contributed by atoms with Gasteiger partial charge in [0.05, 0.1) is 24.3 Å². The lowest BCUT2D eigenvalue weighted by Crippen LogP contribution is -2.27. The molecule has 0 saturated heterocycles. The van der Waals surface area contributed by atoms with E-state index in [1.165, 1.54) is 232 Å². The van der Waals surface area contributed by atoms with Crippen molar-refractivity contribution in [2.45, 2.75) is 259 Å². The fraction of sp³-hybridized carbons (Fsp3) is 0.857. The van der Waals surface area contributed by atoms with Crippen molar-refractivity contribution in [1.29, 1.82) is 0 Å². The minimum absolute atomic E-state index is 0.317. The molecule has 0 saturated carbocycles. The molecule has 0 aliphatic carbocycles. The fourth-order valence-electron chi connectivity index (χ4n) is 8.66. The first-order valence-corrected chi connectivity index (χ1v) is 27.4. The minimum atomic E-state index is -0.317. The number of nitrogens with zero attached hydrogens (tertiary/aromatic N) is 2. The average molecular weight is 869 g/mol. The van der Waals surface area contributed by atoms with Gasteiger partial charge in [-0.1, -0.05) is 207 Å². The van der Waals surface area contributed by atoms with Gasteiger partial charge in [0, 0.05) is 0 Å². The van der Waals surface area contributed by atoms with Crippen LogP contribution in [0.5, 0.6) is 0 Å². The van der Waals surface area contributed by atoms with Gasteiger partial charge >= 0.3 is 11.9 Å². The molecule has 62 heavy (non-hydrogen) atoms. The molecule has 0 spiro atoms. The summed E-state index contributed by atoms with van der Waals surface area (Å²) < 4.78 is 11.3. The molecule has 0 aromatic heterocycles. The first-order chi connectivity index (χ1) is 30.5. The largest absolute Gasteiger partial charge is 0.462 e. The predicted molar refractivity (Wildman–Crippen MR) is 269 cm³/mol. The van der Waals surface area contributed by atoms with Crippen LogP contribution in [0.25, 0.3) is 0 Å². The molecule has 0 heterocycles. The van der Waals surface area contributed by atoms with E-state index in [1.54, 1.807) is 24.3 Å². The molecular weight excluding hydrogens is 765 g/mol. The fourth-order valence-corrected chi connectivity index (χ4v) is 8.66. The first kappa shape index (κ1) is 58.1.